The standard InChI is InChI=1S/C21H22F3N3O/c22-21(23,24)14-4-3-5-15(10-14)26-19-7-2-1-6-16(19)20(28)27-11-13-8-9-18(25)17(13)12-27/h1-7,10,13,17-18,26H,8-9,11-12,25H2. The van der Waals surface area contributed by atoms with E-state index in [-0.39, 0.29) is 17.6 Å². The van der Waals surface area contributed by atoms with E-state index in [1.165, 1.54) is 6.07 Å². The summed E-state index contributed by atoms with van der Waals surface area (Å²) in [7, 11) is 0. The second-order valence-corrected chi connectivity index (χ2v) is 7.62. The van der Waals surface area contributed by atoms with E-state index < -0.39 is 11.7 Å². The van der Waals surface area contributed by atoms with Gasteiger partial charge in [-0.25, -0.2) is 0 Å². The number of rotatable bonds is 3. The minimum absolute atomic E-state index is 0.114. The second-order valence-electron chi connectivity index (χ2n) is 7.62. The third-order valence-electron chi connectivity index (χ3n) is 5.83. The van der Waals surface area contributed by atoms with Gasteiger partial charge in [0.05, 0.1) is 16.8 Å². The third-order valence-corrected chi connectivity index (χ3v) is 5.83. The van der Waals surface area contributed by atoms with Crippen LogP contribution in [0.25, 0.3) is 0 Å². The number of benzene rings is 2. The van der Waals surface area contributed by atoms with Crippen LogP contribution in [0.1, 0.15) is 28.8 Å². The highest BCUT2D eigenvalue weighted by atomic mass is 19.4. The van der Waals surface area contributed by atoms with E-state index in [1.807, 2.05) is 4.90 Å². The topological polar surface area (TPSA) is 58.4 Å². The van der Waals surface area contributed by atoms with Crippen LogP contribution in [0, 0.1) is 11.8 Å². The van der Waals surface area contributed by atoms with Crippen LogP contribution in [-0.2, 0) is 6.18 Å². The Balaban J connectivity index is 1.55. The van der Waals surface area contributed by atoms with E-state index in [4.69, 9.17) is 5.73 Å². The average Bonchev–Trinajstić information content (AvgIpc) is 3.23. The summed E-state index contributed by atoms with van der Waals surface area (Å²) in [6.45, 7) is 1.33. The highest BCUT2D eigenvalue weighted by Crippen LogP contribution is 2.38. The molecule has 0 spiro atoms. The molecule has 4 nitrogen and oxygen atoms in total. The van der Waals surface area contributed by atoms with Gasteiger partial charge in [0, 0.05) is 24.8 Å². The number of nitrogens with zero attached hydrogens (tertiary/aromatic N) is 1. The Bertz CT molecular complexity index is 883. The Morgan fingerprint density at radius 3 is 2.61 bits per heavy atom. The number of fused-ring (bicyclic) bond motifs is 1. The van der Waals surface area contributed by atoms with Crippen molar-refractivity contribution in [3.63, 3.8) is 0 Å². The molecule has 3 atom stereocenters. The molecule has 0 bridgehead atoms. The van der Waals surface area contributed by atoms with Gasteiger partial charge in [0.15, 0.2) is 0 Å². The lowest BCUT2D eigenvalue weighted by Crippen LogP contribution is -2.33. The first-order valence-corrected chi connectivity index (χ1v) is 9.41. The highest BCUT2D eigenvalue weighted by Gasteiger charge is 2.42. The first-order chi connectivity index (χ1) is 13.3. The summed E-state index contributed by atoms with van der Waals surface area (Å²) in [5.41, 5.74) is 6.66. The summed E-state index contributed by atoms with van der Waals surface area (Å²) in [5, 5.41) is 2.98. The van der Waals surface area contributed by atoms with E-state index in [9.17, 15) is 18.0 Å². The molecule has 0 aromatic heterocycles. The summed E-state index contributed by atoms with van der Waals surface area (Å²) in [4.78, 5) is 14.9. The third kappa shape index (κ3) is 3.58. The van der Waals surface area contributed by atoms with Crippen LogP contribution in [0.3, 0.4) is 0 Å². The van der Waals surface area contributed by atoms with Gasteiger partial charge in [0.25, 0.3) is 5.91 Å². The zero-order chi connectivity index (χ0) is 19.9. The number of para-hydroxylation sites is 1. The molecule has 3 N–H and O–H groups in total. The Hall–Kier alpha value is -2.54. The van der Waals surface area contributed by atoms with E-state index in [2.05, 4.69) is 5.32 Å². The maximum Gasteiger partial charge on any atom is 0.416 e. The molecule has 1 aliphatic heterocycles. The molecular formula is C21H22F3N3O. The zero-order valence-corrected chi connectivity index (χ0v) is 15.2. The number of carbonyl (C=O) groups excluding carboxylic acids is 1. The van der Waals surface area contributed by atoms with Crippen LogP contribution < -0.4 is 11.1 Å². The molecule has 1 saturated heterocycles. The van der Waals surface area contributed by atoms with Crippen molar-refractivity contribution >= 4 is 17.3 Å². The van der Waals surface area contributed by atoms with Crippen LogP contribution in [0.2, 0.25) is 0 Å². The van der Waals surface area contributed by atoms with Gasteiger partial charge in [-0.15, -0.1) is 0 Å². The number of nitrogens with two attached hydrogens (primary N) is 1. The van der Waals surface area contributed by atoms with Crippen molar-refractivity contribution in [2.75, 3.05) is 18.4 Å². The molecule has 2 fully saturated rings. The summed E-state index contributed by atoms with van der Waals surface area (Å²) >= 11 is 0. The smallest absolute Gasteiger partial charge is 0.355 e. The van der Waals surface area contributed by atoms with E-state index in [0.29, 0.717) is 36.2 Å². The number of hydrogen-bond donors (Lipinski definition) is 2. The molecule has 1 aliphatic carbocycles. The molecule has 1 amide bonds. The summed E-state index contributed by atoms with van der Waals surface area (Å²) in [6.07, 6.45) is -2.37. The van der Waals surface area contributed by atoms with Gasteiger partial charge >= 0.3 is 6.18 Å². The number of halogens is 3. The number of anilines is 2. The van der Waals surface area contributed by atoms with Gasteiger partial charge in [-0.1, -0.05) is 18.2 Å². The van der Waals surface area contributed by atoms with Crippen molar-refractivity contribution in [3.05, 3.63) is 59.7 Å². The Morgan fingerprint density at radius 1 is 1.07 bits per heavy atom. The number of alkyl halides is 3. The number of likely N-dealkylation sites (tertiary alicyclic amines) is 1. The molecule has 0 radical (unpaired) electrons. The van der Waals surface area contributed by atoms with Gasteiger partial charge < -0.3 is 16.0 Å². The van der Waals surface area contributed by atoms with Crippen LogP contribution in [0.15, 0.2) is 48.5 Å². The predicted octanol–water partition coefficient (Wildman–Crippen LogP) is 4.26. The fourth-order valence-corrected chi connectivity index (χ4v) is 4.35. The fraction of sp³-hybridized carbons (Fsp3) is 0.381. The monoisotopic (exact) mass is 389 g/mol. The lowest BCUT2D eigenvalue weighted by Gasteiger charge is -2.21. The second kappa shape index (κ2) is 7.13. The van der Waals surface area contributed by atoms with Gasteiger partial charge in [-0.3, -0.25) is 4.79 Å². The van der Waals surface area contributed by atoms with E-state index >= 15 is 0 Å². The largest absolute Gasteiger partial charge is 0.416 e. The minimum Gasteiger partial charge on any atom is -0.355 e. The lowest BCUT2D eigenvalue weighted by molar-refractivity contribution is -0.137. The van der Waals surface area contributed by atoms with Crippen LogP contribution in [-0.4, -0.2) is 29.9 Å². The molecule has 3 unspecified atom stereocenters. The molecule has 2 aromatic rings. The summed E-state index contributed by atoms with van der Waals surface area (Å²) in [5.74, 6) is 0.673. The molecule has 1 heterocycles. The van der Waals surface area contributed by atoms with Crippen LogP contribution in [0.5, 0.6) is 0 Å². The maximum atomic E-state index is 13.1. The Kier molecular flexibility index (Phi) is 4.79. The Labute approximate surface area is 161 Å². The van der Waals surface area contributed by atoms with Crippen molar-refractivity contribution in [1.29, 1.82) is 0 Å². The average molecular weight is 389 g/mol. The number of carbonyl (C=O) groups is 1. The molecule has 2 aliphatic rings. The van der Waals surface area contributed by atoms with Crippen LogP contribution >= 0.6 is 0 Å². The first-order valence-electron chi connectivity index (χ1n) is 9.41. The maximum absolute atomic E-state index is 13.1. The molecule has 28 heavy (non-hydrogen) atoms. The molecule has 1 saturated carbocycles. The van der Waals surface area contributed by atoms with Crippen molar-refractivity contribution in [2.24, 2.45) is 17.6 Å². The van der Waals surface area contributed by atoms with Gasteiger partial charge in [-0.2, -0.15) is 13.2 Å². The van der Waals surface area contributed by atoms with Crippen molar-refractivity contribution < 1.29 is 18.0 Å². The molecule has 7 heteroatoms. The van der Waals surface area contributed by atoms with Gasteiger partial charge in [0.2, 0.25) is 0 Å². The molecule has 2 aromatic carbocycles. The Morgan fingerprint density at radius 2 is 1.86 bits per heavy atom. The van der Waals surface area contributed by atoms with Gasteiger partial charge in [0.1, 0.15) is 0 Å². The normalized spacial score (nSPS) is 24.3. The van der Waals surface area contributed by atoms with E-state index in [0.717, 1.165) is 25.0 Å². The van der Waals surface area contributed by atoms with E-state index in [1.54, 1.807) is 30.3 Å². The van der Waals surface area contributed by atoms with Crippen molar-refractivity contribution in [2.45, 2.75) is 25.1 Å². The minimum atomic E-state index is -4.42. The quantitative estimate of drug-likeness (QED) is 0.825. The van der Waals surface area contributed by atoms with Crippen LogP contribution in [0.4, 0.5) is 24.5 Å². The van der Waals surface area contributed by atoms with Crippen molar-refractivity contribution in [1.82, 2.24) is 4.90 Å². The number of hydrogen-bond acceptors (Lipinski definition) is 3. The molecular weight excluding hydrogens is 367 g/mol. The zero-order valence-electron chi connectivity index (χ0n) is 15.2. The predicted molar refractivity (Wildman–Crippen MR) is 101 cm³/mol. The van der Waals surface area contributed by atoms with Gasteiger partial charge in [-0.05, 0) is 55.0 Å². The fourth-order valence-electron chi connectivity index (χ4n) is 4.35. The lowest BCUT2D eigenvalue weighted by atomic mass is 9.98. The molecule has 4 rings (SSSR count). The number of amides is 1. The highest BCUT2D eigenvalue weighted by molar-refractivity contribution is 6.00. The number of nitrogens with one attached hydrogen (secondary N) is 1. The summed E-state index contributed by atoms with van der Waals surface area (Å²) < 4.78 is 38.9. The first kappa shape index (κ1) is 18.8. The SMILES string of the molecule is NC1CCC2CN(C(=O)c3ccccc3Nc3cccc(C(F)(F)F)c3)CC12. The van der Waals surface area contributed by atoms with Crippen molar-refractivity contribution in [3.8, 4) is 0 Å². The summed E-state index contributed by atoms with van der Waals surface area (Å²) in [6, 6.07) is 12.0. The molecule has 148 valence electrons.